The first-order valence-corrected chi connectivity index (χ1v) is 14.8. The van der Waals surface area contributed by atoms with Crippen LogP contribution in [-0.2, 0) is 26.2 Å². The molecule has 3 rings (SSSR count). The Kier molecular flexibility index (Phi) is 10.4. The molecule has 0 saturated carbocycles. The van der Waals surface area contributed by atoms with Gasteiger partial charge in [-0.05, 0) is 74.7 Å². The lowest BCUT2D eigenvalue weighted by Crippen LogP contribution is -2.51. The summed E-state index contributed by atoms with van der Waals surface area (Å²) < 4.78 is 28.8. The number of nitrogens with one attached hydrogen (secondary N) is 1. The SMILES string of the molecule is CCCNC(=O)[C@H](C)N(Cc1ccc(Cl)cc1Cl)C(=O)CN(c1cccc(C)c1)S(=O)(=O)c1ccc(C)cc1. The van der Waals surface area contributed by atoms with E-state index in [4.69, 9.17) is 23.2 Å². The standard InChI is InChI=1S/C29H33Cl2N3O4S/c1-5-15-32-29(36)22(4)33(18-23-11-12-24(30)17-27(23)31)28(35)19-34(25-8-6-7-21(3)16-25)39(37,38)26-13-9-20(2)10-14-26/h6-14,16-17,22H,5,15,18-19H2,1-4H3,(H,32,36)/t22-/m0/s1. The fourth-order valence-corrected chi connectivity index (χ4v) is 5.84. The topological polar surface area (TPSA) is 86.8 Å². The zero-order chi connectivity index (χ0) is 28.7. The Morgan fingerprint density at radius 2 is 1.64 bits per heavy atom. The summed E-state index contributed by atoms with van der Waals surface area (Å²) in [7, 11) is -4.12. The first-order valence-electron chi connectivity index (χ1n) is 12.6. The summed E-state index contributed by atoms with van der Waals surface area (Å²) in [5.41, 5.74) is 2.66. The third-order valence-corrected chi connectivity index (χ3v) is 8.62. The van der Waals surface area contributed by atoms with Gasteiger partial charge in [-0.25, -0.2) is 8.42 Å². The largest absolute Gasteiger partial charge is 0.354 e. The molecule has 0 aromatic heterocycles. The van der Waals surface area contributed by atoms with E-state index < -0.39 is 28.5 Å². The first kappa shape index (κ1) is 30.5. The Labute approximate surface area is 240 Å². The van der Waals surface area contributed by atoms with Crippen LogP contribution in [0.4, 0.5) is 5.69 Å². The summed E-state index contributed by atoms with van der Waals surface area (Å²) >= 11 is 12.5. The lowest BCUT2D eigenvalue weighted by Gasteiger charge is -2.32. The van der Waals surface area contributed by atoms with Crippen molar-refractivity contribution in [2.75, 3.05) is 17.4 Å². The minimum atomic E-state index is -4.12. The molecule has 208 valence electrons. The normalized spacial score (nSPS) is 12.1. The fraction of sp³-hybridized carbons (Fsp3) is 0.310. The number of halogens is 2. The molecule has 3 aromatic carbocycles. The summed E-state index contributed by atoms with van der Waals surface area (Å²) in [5.74, 6) is -0.906. The van der Waals surface area contributed by atoms with Gasteiger partial charge in [0, 0.05) is 23.1 Å². The van der Waals surface area contributed by atoms with Crippen LogP contribution < -0.4 is 9.62 Å². The minimum Gasteiger partial charge on any atom is -0.354 e. The number of sulfonamides is 1. The van der Waals surface area contributed by atoms with E-state index in [1.54, 1.807) is 55.5 Å². The van der Waals surface area contributed by atoms with Crippen molar-refractivity contribution in [2.24, 2.45) is 0 Å². The number of carbonyl (C=O) groups excluding carboxylic acids is 2. The van der Waals surface area contributed by atoms with E-state index in [1.165, 1.54) is 17.0 Å². The van der Waals surface area contributed by atoms with Gasteiger partial charge in [-0.2, -0.15) is 0 Å². The van der Waals surface area contributed by atoms with Crippen molar-refractivity contribution in [3.05, 3.63) is 93.5 Å². The highest BCUT2D eigenvalue weighted by Gasteiger charge is 2.32. The average Bonchev–Trinajstić information content (AvgIpc) is 2.89. The van der Waals surface area contributed by atoms with E-state index in [0.29, 0.717) is 27.8 Å². The van der Waals surface area contributed by atoms with Crippen LogP contribution in [0.2, 0.25) is 10.0 Å². The Balaban J connectivity index is 2.04. The van der Waals surface area contributed by atoms with Crippen LogP contribution in [0.3, 0.4) is 0 Å². The third kappa shape index (κ3) is 7.75. The molecule has 1 N–H and O–H groups in total. The van der Waals surface area contributed by atoms with Gasteiger partial charge in [0.15, 0.2) is 0 Å². The van der Waals surface area contributed by atoms with Crippen molar-refractivity contribution in [1.82, 2.24) is 10.2 Å². The molecule has 1 atom stereocenters. The molecule has 7 nitrogen and oxygen atoms in total. The molecule has 0 unspecified atom stereocenters. The molecule has 0 spiro atoms. The van der Waals surface area contributed by atoms with Crippen LogP contribution >= 0.6 is 23.2 Å². The highest BCUT2D eigenvalue weighted by atomic mass is 35.5. The first-order chi connectivity index (χ1) is 18.4. The van der Waals surface area contributed by atoms with Gasteiger partial charge in [0.1, 0.15) is 12.6 Å². The van der Waals surface area contributed by atoms with Crippen LogP contribution in [0.5, 0.6) is 0 Å². The summed E-state index contributed by atoms with van der Waals surface area (Å²) in [5, 5.41) is 3.58. The van der Waals surface area contributed by atoms with Crippen molar-refractivity contribution in [3.8, 4) is 0 Å². The molecule has 0 fully saturated rings. The number of rotatable bonds is 11. The summed E-state index contributed by atoms with van der Waals surface area (Å²) in [4.78, 5) is 28.3. The minimum absolute atomic E-state index is 0.0121. The zero-order valence-corrected chi connectivity index (χ0v) is 24.8. The highest BCUT2D eigenvalue weighted by molar-refractivity contribution is 7.92. The zero-order valence-electron chi connectivity index (χ0n) is 22.4. The maximum atomic E-state index is 13.9. The maximum Gasteiger partial charge on any atom is 0.264 e. The Morgan fingerprint density at radius 3 is 2.26 bits per heavy atom. The molecule has 0 aliphatic heterocycles. The lowest BCUT2D eigenvalue weighted by atomic mass is 10.1. The van der Waals surface area contributed by atoms with Crippen LogP contribution in [0, 0.1) is 13.8 Å². The third-order valence-electron chi connectivity index (χ3n) is 6.25. The molecule has 39 heavy (non-hydrogen) atoms. The van der Waals surface area contributed by atoms with Crippen LogP contribution in [-0.4, -0.2) is 44.3 Å². The Hall–Kier alpha value is -3.07. The van der Waals surface area contributed by atoms with Crippen molar-refractivity contribution in [2.45, 2.75) is 51.6 Å². The number of benzene rings is 3. The summed E-state index contributed by atoms with van der Waals surface area (Å²) in [6.45, 7) is 7.16. The van der Waals surface area contributed by atoms with E-state index >= 15 is 0 Å². The number of amides is 2. The molecule has 0 aliphatic rings. The van der Waals surface area contributed by atoms with Crippen molar-refractivity contribution in [1.29, 1.82) is 0 Å². The maximum absolute atomic E-state index is 13.9. The van der Waals surface area contributed by atoms with Gasteiger partial charge in [0.05, 0.1) is 10.6 Å². The van der Waals surface area contributed by atoms with Gasteiger partial charge in [0.2, 0.25) is 11.8 Å². The van der Waals surface area contributed by atoms with Crippen molar-refractivity contribution < 1.29 is 18.0 Å². The van der Waals surface area contributed by atoms with Crippen LogP contribution in [0.1, 0.15) is 37.0 Å². The van der Waals surface area contributed by atoms with Gasteiger partial charge in [-0.1, -0.05) is 66.0 Å². The van der Waals surface area contributed by atoms with Crippen molar-refractivity contribution in [3.63, 3.8) is 0 Å². The van der Waals surface area contributed by atoms with Gasteiger partial charge in [0.25, 0.3) is 10.0 Å². The van der Waals surface area contributed by atoms with E-state index in [-0.39, 0.29) is 17.3 Å². The number of anilines is 1. The van der Waals surface area contributed by atoms with Crippen LogP contribution in [0.15, 0.2) is 71.6 Å². The number of hydrogen-bond acceptors (Lipinski definition) is 4. The van der Waals surface area contributed by atoms with Crippen LogP contribution in [0.25, 0.3) is 0 Å². The molecule has 0 aliphatic carbocycles. The van der Waals surface area contributed by atoms with E-state index in [9.17, 15) is 18.0 Å². The number of hydrogen-bond donors (Lipinski definition) is 1. The molecule has 10 heteroatoms. The molecule has 3 aromatic rings. The highest BCUT2D eigenvalue weighted by Crippen LogP contribution is 2.27. The Morgan fingerprint density at radius 1 is 0.949 bits per heavy atom. The number of nitrogens with zero attached hydrogens (tertiary/aromatic N) is 2. The molecule has 0 bridgehead atoms. The summed E-state index contributed by atoms with van der Waals surface area (Å²) in [6, 6.07) is 17.4. The Bertz CT molecular complexity index is 1430. The van der Waals surface area contributed by atoms with Gasteiger partial charge < -0.3 is 10.2 Å². The van der Waals surface area contributed by atoms with Crippen molar-refractivity contribution >= 4 is 50.7 Å². The predicted molar refractivity (Wildman–Crippen MR) is 157 cm³/mol. The molecule has 0 saturated heterocycles. The van der Waals surface area contributed by atoms with E-state index in [0.717, 1.165) is 21.9 Å². The van der Waals surface area contributed by atoms with E-state index in [1.807, 2.05) is 26.8 Å². The average molecular weight is 591 g/mol. The van der Waals surface area contributed by atoms with Gasteiger partial charge in [-0.15, -0.1) is 0 Å². The second kappa shape index (κ2) is 13.3. The lowest BCUT2D eigenvalue weighted by molar-refractivity contribution is -0.139. The fourth-order valence-electron chi connectivity index (χ4n) is 3.96. The summed E-state index contributed by atoms with van der Waals surface area (Å²) in [6.07, 6.45) is 0.728. The number of carbonyl (C=O) groups is 2. The van der Waals surface area contributed by atoms with Gasteiger partial charge >= 0.3 is 0 Å². The predicted octanol–water partition coefficient (Wildman–Crippen LogP) is 5.75. The number of aryl methyl sites for hydroxylation is 2. The molecular weight excluding hydrogens is 557 g/mol. The van der Waals surface area contributed by atoms with E-state index in [2.05, 4.69) is 5.32 Å². The van der Waals surface area contributed by atoms with Gasteiger partial charge in [-0.3, -0.25) is 13.9 Å². The molecule has 2 amide bonds. The second-order valence-corrected chi connectivity index (χ2v) is 12.1. The molecule has 0 radical (unpaired) electrons. The monoisotopic (exact) mass is 589 g/mol. The molecule has 0 heterocycles. The second-order valence-electron chi connectivity index (χ2n) is 9.39. The quantitative estimate of drug-likeness (QED) is 0.308. The smallest absolute Gasteiger partial charge is 0.264 e. The molecular formula is C29H33Cl2N3O4S.